The number of carbonyl (C=O) groups excluding carboxylic acids is 2. The van der Waals surface area contributed by atoms with E-state index in [0.29, 0.717) is 19.0 Å². The van der Waals surface area contributed by atoms with Crippen molar-refractivity contribution in [1.82, 2.24) is 10.2 Å². The molecule has 82 valence electrons. The first kappa shape index (κ1) is 9.33. The van der Waals surface area contributed by atoms with E-state index in [1.807, 2.05) is 0 Å². The second kappa shape index (κ2) is 3.30. The molecule has 4 nitrogen and oxygen atoms in total. The largest absolute Gasteiger partial charge is 0.316 e. The van der Waals surface area contributed by atoms with Gasteiger partial charge in [0, 0.05) is 13.1 Å². The predicted octanol–water partition coefficient (Wildman–Crippen LogP) is -0.00910. The van der Waals surface area contributed by atoms with Gasteiger partial charge in [0.15, 0.2) is 0 Å². The second-order valence-electron chi connectivity index (χ2n) is 4.94. The van der Waals surface area contributed by atoms with Crippen LogP contribution in [0.4, 0.5) is 0 Å². The van der Waals surface area contributed by atoms with Crippen molar-refractivity contribution in [3.05, 3.63) is 0 Å². The summed E-state index contributed by atoms with van der Waals surface area (Å²) < 4.78 is 0. The van der Waals surface area contributed by atoms with Crippen LogP contribution in [0.25, 0.3) is 0 Å². The standard InChI is InChI=1S/C11H16N2O2/c14-10-8-3-4-12-5-9(8)11(15)13(10)6-7-1-2-7/h7-9,12H,1-6H2/t8-,9+/m1/s1. The highest BCUT2D eigenvalue weighted by Crippen LogP contribution is 2.35. The Kier molecular flexibility index (Phi) is 2.06. The smallest absolute Gasteiger partial charge is 0.234 e. The molecule has 0 aromatic rings. The number of carbonyl (C=O) groups is 2. The molecule has 0 bridgehead atoms. The number of imide groups is 1. The van der Waals surface area contributed by atoms with E-state index in [1.54, 1.807) is 0 Å². The van der Waals surface area contributed by atoms with E-state index in [2.05, 4.69) is 5.32 Å². The van der Waals surface area contributed by atoms with Crippen LogP contribution in [0.3, 0.4) is 0 Å². The molecule has 0 aromatic heterocycles. The van der Waals surface area contributed by atoms with E-state index in [-0.39, 0.29) is 23.7 Å². The Morgan fingerprint density at radius 2 is 1.87 bits per heavy atom. The maximum atomic E-state index is 12.0. The molecule has 1 aliphatic carbocycles. The van der Waals surface area contributed by atoms with Crippen molar-refractivity contribution in [3.8, 4) is 0 Å². The van der Waals surface area contributed by atoms with Crippen LogP contribution in [0.1, 0.15) is 19.3 Å². The van der Waals surface area contributed by atoms with E-state index < -0.39 is 0 Å². The van der Waals surface area contributed by atoms with Crippen LogP contribution in [-0.4, -0.2) is 36.3 Å². The van der Waals surface area contributed by atoms with Gasteiger partial charge in [0.2, 0.25) is 11.8 Å². The molecule has 3 aliphatic rings. The van der Waals surface area contributed by atoms with E-state index in [4.69, 9.17) is 0 Å². The second-order valence-corrected chi connectivity index (χ2v) is 4.94. The average Bonchev–Trinajstić information content (AvgIpc) is 3.04. The molecule has 2 amide bonds. The fourth-order valence-electron chi connectivity index (χ4n) is 2.66. The zero-order chi connectivity index (χ0) is 10.4. The molecule has 2 aliphatic heterocycles. The Bertz CT molecular complexity index is 288. The first-order valence-corrected chi connectivity index (χ1v) is 5.83. The first-order valence-electron chi connectivity index (χ1n) is 5.83. The molecule has 4 heteroatoms. The van der Waals surface area contributed by atoms with Gasteiger partial charge in [-0.1, -0.05) is 0 Å². The van der Waals surface area contributed by atoms with Crippen molar-refractivity contribution in [1.29, 1.82) is 0 Å². The van der Waals surface area contributed by atoms with Gasteiger partial charge in [-0.15, -0.1) is 0 Å². The van der Waals surface area contributed by atoms with Gasteiger partial charge >= 0.3 is 0 Å². The zero-order valence-electron chi connectivity index (χ0n) is 8.74. The zero-order valence-corrected chi connectivity index (χ0v) is 8.74. The summed E-state index contributed by atoms with van der Waals surface area (Å²) in [6.07, 6.45) is 3.20. The molecular weight excluding hydrogens is 192 g/mol. The van der Waals surface area contributed by atoms with Crippen molar-refractivity contribution in [2.24, 2.45) is 17.8 Å². The molecule has 3 fully saturated rings. The van der Waals surface area contributed by atoms with Crippen molar-refractivity contribution in [2.45, 2.75) is 19.3 Å². The van der Waals surface area contributed by atoms with Crippen molar-refractivity contribution in [2.75, 3.05) is 19.6 Å². The fourth-order valence-corrected chi connectivity index (χ4v) is 2.66. The summed E-state index contributed by atoms with van der Waals surface area (Å²) >= 11 is 0. The van der Waals surface area contributed by atoms with Crippen LogP contribution >= 0.6 is 0 Å². The molecule has 0 aromatic carbocycles. The summed E-state index contributed by atoms with van der Waals surface area (Å²) in [4.78, 5) is 25.5. The van der Waals surface area contributed by atoms with Crippen LogP contribution in [-0.2, 0) is 9.59 Å². The van der Waals surface area contributed by atoms with Gasteiger partial charge in [-0.2, -0.15) is 0 Å². The number of hydrogen-bond acceptors (Lipinski definition) is 3. The third-order valence-corrected chi connectivity index (χ3v) is 3.79. The number of hydrogen-bond donors (Lipinski definition) is 1. The van der Waals surface area contributed by atoms with Crippen molar-refractivity contribution >= 4 is 11.8 Å². The summed E-state index contributed by atoms with van der Waals surface area (Å²) in [7, 11) is 0. The van der Waals surface area contributed by atoms with E-state index in [1.165, 1.54) is 17.7 Å². The van der Waals surface area contributed by atoms with Gasteiger partial charge in [0.25, 0.3) is 0 Å². The number of piperidine rings is 1. The quantitative estimate of drug-likeness (QED) is 0.649. The van der Waals surface area contributed by atoms with Gasteiger partial charge in [-0.3, -0.25) is 14.5 Å². The Morgan fingerprint density at radius 1 is 1.13 bits per heavy atom. The van der Waals surface area contributed by atoms with Crippen LogP contribution in [0.5, 0.6) is 0 Å². The number of rotatable bonds is 2. The Labute approximate surface area is 89.0 Å². The fraction of sp³-hybridized carbons (Fsp3) is 0.818. The predicted molar refractivity (Wildman–Crippen MR) is 53.9 cm³/mol. The Morgan fingerprint density at radius 3 is 2.53 bits per heavy atom. The van der Waals surface area contributed by atoms with Gasteiger partial charge in [0.05, 0.1) is 11.8 Å². The lowest BCUT2D eigenvalue weighted by molar-refractivity contribution is -0.140. The van der Waals surface area contributed by atoms with Crippen LogP contribution < -0.4 is 5.32 Å². The molecule has 1 saturated carbocycles. The Hall–Kier alpha value is -0.900. The molecule has 0 radical (unpaired) electrons. The molecule has 0 spiro atoms. The number of amides is 2. The van der Waals surface area contributed by atoms with Gasteiger partial charge in [-0.25, -0.2) is 0 Å². The van der Waals surface area contributed by atoms with E-state index in [0.717, 1.165) is 13.0 Å². The highest BCUT2D eigenvalue weighted by Gasteiger charge is 2.49. The van der Waals surface area contributed by atoms with E-state index >= 15 is 0 Å². The molecule has 2 atom stereocenters. The highest BCUT2D eigenvalue weighted by atomic mass is 16.2. The maximum Gasteiger partial charge on any atom is 0.234 e. The molecule has 2 saturated heterocycles. The summed E-state index contributed by atoms with van der Waals surface area (Å²) in [6.45, 7) is 2.25. The molecular formula is C11H16N2O2. The maximum absolute atomic E-state index is 12.0. The number of fused-ring (bicyclic) bond motifs is 1. The molecule has 3 rings (SSSR count). The monoisotopic (exact) mass is 208 g/mol. The van der Waals surface area contributed by atoms with Gasteiger partial charge < -0.3 is 5.32 Å². The minimum atomic E-state index is -0.0648. The lowest BCUT2D eigenvalue weighted by atomic mass is 9.89. The lowest BCUT2D eigenvalue weighted by Gasteiger charge is -2.21. The van der Waals surface area contributed by atoms with Crippen LogP contribution in [0, 0.1) is 17.8 Å². The minimum absolute atomic E-state index is 0.0162. The lowest BCUT2D eigenvalue weighted by Crippen LogP contribution is -2.38. The first-order chi connectivity index (χ1) is 7.27. The molecule has 0 unspecified atom stereocenters. The van der Waals surface area contributed by atoms with Crippen LogP contribution in [0.15, 0.2) is 0 Å². The number of nitrogens with one attached hydrogen (secondary N) is 1. The summed E-state index contributed by atoms with van der Waals surface area (Å²) in [5.74, 6) is 0.691. The number of likely N-dealkylation sites (tertiary alicyclic amines) is 1. The van der Waals surface area contributed by atoms with Crippen molar-refractivity contribution in [3.63, 3.8) is 0 Å². The average molecular weight is 208 g/mol. The molecule has 2 heterocycles. The third-order valence-electron chi connectivity index (χ3n) is 3.79. The van der Waals surface area contributed by atoms with Gasteiger partial charge in [-0.05, 0) is 31.7 Å². The van der Waals surface area contributed by atoms with Gasteiger partial charge in [0.1, 0.15) is 0 Å². The summed E-state index contributed by atoms with van der Waals surface area (Å²) in [6, 6.07) is 0. The van der Waals surface area contributed by atoms with Crippen molar-refractivity contribution < 1.29 is 9.59 Å². The number of nitrogens with zero attached hydrogens (tertiary/aromatic N) is 1. The minimum Gasteiger partial charge on any atom is -0.316 e. The topological polar surface area (TPSA) is 49.4 Å². The van der Waals surface area contributed by atoms with E-state index in [9.17, 15) is 9.59 Å². The third kappa shape index (κ3) is 1.47. The highest BCUT2D eigenvalue weighted by molar-refractivity contribution is 6.05. The molecule has 15 heavy (non-hydrogen) atoms. The molecule has 1 N–H and O–H groups in total. The Balaban J connectivity index is 1.78. The van der Waals surface area contributed by atoms with Crippen LogP contribution in [0.2, 0.25) is 0 Å². The SMILES string of the molecule is O=C1[C@H]2CNCC[C@H]2C(=O)N1CC1CC1. The summed E-state index contributed by atoms with van der Waals surface area (Å²) in [5.41, 5.74) is 0. The summed E-state index contributed by atoms with van der Waals surface area (Å²) in [5, 5.41) is 3.20. The normalized spacial score (nSPS) is 35.9.